The maximum absolute atomic E-state index is 12.4. The number of methoxy groups -OCH3 is 1. The van der Waals surface area contributed by atoms with Gasteiger partial charge in [-0.3, -0.25) is 0 Å². The number of hydrogen-bond donors (Lipinski definition) is 0. The lowest BCUT2D eigenvalue weighted by molar-refractivity contribution is -0.301. The molecule has 0 aromatic rings. The maximum Gasteiger partial charge on any atom is 0.333 e. The van der Waals surface area contributed by atoms with Crippen molar-refractivity contribution in [2.24, 2.45) is 0 Å². The highest BCUT2D eigenvalue weighted by atomic mass is 16.7. The van der Waals surface area contributed by atoms with Gasteiger partial charge in [-0.05, 0) is 27.7 Å². The smallest absolute Gasteiger partial charge is 0.333 e. The van der Waals surface area contributed by atoms with E-state index in [2.05, 4.69) is 26.3 Å². The fourth-order valence-corrected chi connectivity index (χ4v) is 2.56. The third kappa shape index (κ3) is 7.69. The number of hydrogen-bond acceptors (Lipinski definition) is 10. The van der Waals surface area contributed by atoms with Crippen LogP contribution >= 0.6 is 0 Å². The Hall–Kier alpha value is -3.24. The molecule has 0 N–H and O–H groups in total. The molecule has 1 saturated heterocycles. The lowest BCUT2D eigenvalue weighted by Crippen LogP contribution is -2.63. The van der Waals surface area contributed by atoms with Gasteiger partial charge in [0.15, 0.2) is 24.6 Å². The van der Waals surface area contributed by atoms with E-state index in [-0.39, 0.29) is 22.3 Å². The molecule has 1 fully saturated rings. The third-order valence-electron chi connectivity index (χ3n) is 4.33. The summed E-state index contributed by atoms with van der Waals surface area (Å²) in [6, 6.07) is 0. The number of rotatable bonds is 10. The van der Waals surface area contributed by atoms with Crippen LogP contribution in [0.5, 0.6) is 0 Å². The Balaban J connectivity index is 3.45. The first-order valence-electron chi connectivity index (χ1n) is 9.90. The highest BCUT2D eigenvalue weighted by molar-refractivity contribution is 5.89. The second-order valence-electron chi connectivity index (χ2n) is 7.61. The van der Waals surface area contributed by atoms with Gasteiger partial charge < -0.3 is 28.4 Å². The molecule has 33 heavy (non-hydrogen) atoms. The lowest BCUT2D eigenvalue weighted by Gasteiger charge is -2.44. The van der Waals surface area contributed by atoms with E-state index in [1.165, 1.54) is 34.8 Å². The Morgan fingerprint density at radius 1 is 0.667 bits per heavy atom. The van der Waals surface area contributed by atoms with Crippen LogP contribution in [0.1, 0.15) is 27.7 Å². The molecule has 1 heterocycles. The number of esters is 4. The lowest BCUT2D eigenvalue weighted by atomic mass is 9.97. The molecule has 1 rings (SSSR count). The topological polar surface area (TPSA) is 124 Å². The van der Waals surface area contributed by atoms with Gasteiger partial charge in [0, 0.05) is 29.4 Å². The van der Waals surface area contributed by atoms with Crippen molar-refractivity contribution in [1.82, 2.24) is 0 Å². The van der Waals surface area contributed by atoms with Gasteiger partial charge in [0.25, 0.3) is 0 Å². The van der Waals surface area contributed by atoms with Crippen molar-refractivity contribution < 1.29 is 47.6 Å². The summed E-state index contributed by atoms with van der Waals surface area (Å²) in [6.07, 6.45) is -6.58. The van der Waals surface area contributed by atoms with Gasteiger partial charge in [-0.2, -0.15) is 0 Å². The van der Waals surface area contributed by atoms with Gasteiger partial charge >= 0.3 is 23.9 Å². The molecular formula is C23H30O10. The van der Waals surface area contributed by atoms with Crippen molar-refractivity contribution in [3.8, 4) is 0 Å². The minimum atomic E-state index is -1.41. The van der Waals surface area contributed by atoms with Crippen molar-refractivity contribution in [2.75, 3.05) is 13.7 Å². The van der Waals surface area contributed by atoms with E-state index in [1.54, 1.807) is 0 Å². The highest BCUT2D eigenvalue weighted by Crippen LogP contribution is 2.30. The summed E-state index contributed by atoms with van der Waals surface area (Å²) in [5, 5.41) is 0. The van der Waals surface area contributed by atoms with Crippen molar-refractivity contribution in [2.45, 2.75) is 58.4 Å². The standard InChI is InChI=1S/C23H30O10/c1-11(2)19(24)29-10-15-16(31-20(25)12(3)4)17(32-21(26)13(5)6)18(23(28-9)30-15)33-22(27)14(7)8/h15-18,23H,1,3,5,7,10H2,2,4,6,8-9H3/t15?,16-,17?,18?,23-/m1/s1. The van der Waals surface area contributed by atoms with E-state index >= 15 is 0 Å². The fourth-order valence-electron chi connectivity index (χ4n) is 2.56. The minimum absolute atomic E-state index is 0.0377. The van der Waals surface area contributed by atoms with Gasteiger partial charge in [-0.15, -0.1) is 0 Å². The molecule has 1 aliphatic rings. The first-order chi connectivity index (χ1) is 15.3. The van der Waals surface area contributed by atoms with Crippen LogP contribution in [-0.2, 0) is 47.6 Å². The molecule has 10 heteroatoms. The molecule has 0 aromatic carbocycles. The van der Waals surface area contributed by atoms with Crippen LogP contribution in [0.4, 0.5) is 0 Å². The Bertz CT molecular complexity index is 855. The summed E-state index contributed by atoms with van der Waals surface area (Å²) in [6.45, 7) is 19.3. The first-order valence-corrected chi connectivity index (χ1v) is 9.90. The van der Waals surface area contributed by atoms with E-state index in [4.69, 9.17) is 28.4 Å². The van der Waals surface area contributed by atoms with Crippen LogP contribution in [0.25, 0.3) is 0 Å². The van der Waals surface area contributed by atoms with Gasteiger partial charge in [-0.1, -0.05) is 26.3 Å². The molecule has 0 saturated carbocycles. The molecule has 1 aliphatic heterocycles. The molecule has 10 nitrogen and oxygen atoms in total. The zero-order valence-electron chi connectivity index (χ0n) is 19.5. The Morgan fingerprint density at radius 3 is 1.45 bits per heavy atom. The van der Waals surface area contributed by atoms with Gasteiger partial charge in [-0.25, -0.2) is 19.2 Å². The SMILES string of the molecule is C=C(C)C(=O)OCC1O[C@@H](OC)C(OC(=O)C(=C)C)C(OC(=O)C(=C)C)[C@@H]1OC(=O)C(=C)C. The maximum atomic E-state index is 12.4. The Kier molecular flexibility index (Phi) is 10.2. The van der Waals surface area contributed by atoms with Crippen molar-refractivity contribution in [3.05, 3.63) is 48.6 Å². The molecule has 0 aliphatic carbocycles. The largest absolute Gasteiger partial charge is 0.459 e. The van der Waals surface area contributed by atoms with E-state index < -0.39 is 61.2 Å². The van der Waals surface area contributed by atoms with Crippen LogP contribution in [0.15, 0.2) is 48.6 Å². The zero-order valence-corrected chi connectivity index (χ0v) is 19.5. The van der Waals surface area contributed by atoms with Crippen LogP contribution in [-0.4, -0.2) is 68.3 Å². The molecule has 0 aromatic heterocycles. The molecule has 0 radical (unpaired) electrons. The summed E-state index contributed by atoms with van der Waals surface area (Å²) in [5.74, 6) is -3.22. The second-order valence-corrected chi connectivity index (χ2v) is 7.61. The second kappa shape index (κ2) is 12.1. The minimum Gasteiger partial charge on any atom is -0.459 e. The van der Waals surface area contributed by atoms with E-state index in [1.807, 2.05) is 0 Å². The summed E-state index contributed by atoms with van der Waals surface area (Å²) >= 11 is 0. The van der Waals surface area contributed by atoms with Crippen molar-refractivity contribution in [3.63, 3.8) is 0 Å². The summed E-state index contributed by atoms with van der Waals surface area (Å²) in [7, 11) is 1.26. The first kappa shape index (κ1) is 27.8. The summed E-state index contributed by atoms with van der Waals surface area (Å²) in [4.78, 5) is 48.9. The Morgan fingerprint density at radius 2 is 1.06 bits per heavy atom. The predicted octanol–water partition coefficient (Wildman–Crippen LogP) is 1.94. The molecule has 0 bridgehead atoms. The number of carbonyl (C=O) groups is 4. The van der Waals surface area contributed by atoms with Gasteiger partial charge in [0.1, 0.15) is 12.7 Å². The fraction of sp³-hybridized carbons (Fsp3) is 0.478. The quantitative estimate of drug-likeness (QED) is 0.268. The van der Waals surface area contributed by atoms with E-state index in [0.29, 0.717) is 0 Å². The summed E-state index contributed by atoms with van der Waals surface area (Å²) in [5.41, 5.74) is 0.267. The predicted molar refractivity (Wildman–Crippen MR) is 116 cm³/mol. The normalized spacial score (nSPS) is 24.1. The van der Waals surface area contributed by atoms with Crippen LogP contribution in [0, 0.1) is 0 Å². The summed E-state index contributed by atoms with van der Waals surface area (Å²) < 4.78 is 32.6. The van der Waals surface area contributed by atoms with Crippen LogP contribution in [0.3, 0.4) is 0 Å². The zero-order chi connectivity index (χ0) is 25.5. The van der Waals surface area contributed by atoms with Crippen LogP contribution < -0.4 is 0 Å². The molecule has 3 unspecified atom stereocenters. The van der Waals surface area contributed by atoms with E-state index in [0.717, 1.165) is 0 Å². The van der Waals surface area contributed by atoms with E-state index in [9.17, 15) is 19.2 Å². The Labute approximate surface area is 192 Å². The average Bonchev–Trinajstić information content (AvgIpc) is 2.73. The van der Waals surface area contributed by atoms with Crippen LogP contribution in [0.2, 0.25) is 0 Å². The van der Waals surface area contributed by atoms with Gasteiger partial charge in [0.05, 0.1) is 0 Å². The monoisotopic (exact) mass is 466 g/mol. The number of carbonyl (C=O) groups excluding carboxylic acids is 4. The molecule has 0 spiro atoms. The highest BCUT2D eigenvalue weighted by Gasteiger charge is 2.53. The molecule has 0 amide bonds. The van der Waals surface area contributed by atoms with Crippen molar-refractivity contribution in [1.29, 1.82) is 0 Å². The molecular weight excluding hydrogens is 436 g/mol. The molecule has 182 valence electrons. The number of ether oxygens (including phenoxy) is 6. The molecule has 5 atom stereocenters. The van der Waals surface area contributed by atoms with Gasteiger partial charge in [0.2, 0.25) is 0 Å². The average molecular weight is 466 g/mol. The third-order valence-corrected chi connectivity index (χ3v) is 4.33. The van der Waals surface area contributed by atoms with Crippen molar-refractivity contribution >= 4 is 23.9 Å².